The van der Waals surface area contributed by atoms with Crippen molar-refractivity contribution in [2.45, 2.75) is 52.8 Å². The molecule has 0 spiro atoms. The van der Waals surface area contributed by atoms with Crippen LogP contribution in [0.25, 0.3) is 0 Å². The molecule has 1 atom stereocenters. The van der Waals surface area contributed by atoms with E-state index in [1.54, 1.807) is 12.5 Å². The Balaban J connectivity index is 2.28. The second-order valence-electron chi connectivity index (χ2n) is 5.20. The Morgan fingerprint density at radius 1 is 1.40 bits per heavy atom. The van der Waals surface area contributed by atoms with E-state index in [0.29, 0.717) is 11.4 Å². The van der Waals surface area contributed by atoms with E-state index in [1.807, 2.05) is 23.1 Å². The van der Waals surface area contributed by atoms with Gasteiger partial charge < -0.3 is 9.67 Å². The van der Waals surface area contributed by atoms with Gasteiger partial charge in [0.15, 0.2) is 0 Å². The first kappa shape index (κ1) is 15.1. The van der Waals surface area contributed by atoms with E-state index >= 15 is 0 Å². The molecule has 0 saturated carbocycles. The highest BCUT2D eigenvalue weighted by atomic mass is 35.5. The summed E-state index contributed by atoms with van der Waals surface area (Å²) < 4.78 is 3.81. The van der Waals surface area contributed by atoms with Crippen LogP contribution in [-0.4, -0.2) is 24.4 Å². The summed E-state index contributed by atoms with van der Waals surface area (Å²) in [5, 5.41) is 15.5. The molecule has 5 nitrogen and oxygen atoms in total. The molecule has 0 saturated heterocycles. The van der Waals surface area contributed by atoms with E-state index in [9.17, 15) is 5.11 Å². The van der Waals surface area contributed by atoms with Crippen molar-refractivity contribution in [2.24, 2.45) is 0 Å². The predicted octanol–water partition coefficient (Wildman–Crippen LogP) is 2.92. The highest BCUT2D eigenvalue weighted by Gasteiger charge is 2.20. The minimum absolute atomic E-state index is 0.260. The van der Waals surface area contributed by atoms with Crippen molar-refractivity contribution in [3.8, 4) is 0 Å². The second-order valence-corrected chi connectivity index (χ2v) is 5.58. The zero-order chi connectivity index (χ0) is 14.9. The normalized spacial score (nSPS) is 13.2. The number of hydrogen-bond donors (Lipinski definition) is 1. The van der Waals surface area contributed by atoms with E-state index in [2.05, 4.69) is 23.9 Å². The Kier molecular flexibility index (Phi) is 4.50. The summed E-state index contributed by atoms with van der Waals surface area (Å²) >= 11 is 6.28. The van der Waals surface area contributed by atoms with Crippen molar-refractivity contribution in [1.82, 2.24) is 19.3 Å². The molecule has 0 bridgehead atoms. The van der Waals surface area contributed by atoms with Crippen molar-refractivity contribution >= 4 is 11.6 Å². The van der Waals surface area contributed by atoms with E-state index in [1.165, 1.54) is 0 Å². The van der Waals surface area contributed by atoms with Gasteiger partial charge in [-0.3, -0.25) is 4.68 Å². The van der Waals surface area contributed by atoms with Crippen LogP contribution >= 0.6 is 11.6 Å². The summed E-state index contributed by atoms with van der Waals surface area (Å²) in [6.45, 7) is 8.75. The lowest BCUT2D eigenvalue weighted by atomic mass is 10.1. The van der Waals surface area contributed by atoms with Crippen molar-refractivity contribution in [3.63, 3.8) is 0 Å². The standard InChI is InChI=1S/C14H21ClN4O/c1-5-19-11(14(15)10(4)17-19)6-13(20)12-7-16-8-18(12)9(2)3/h7-9,13,20H,5-6H2,1-4H3. The predicted molar refractivity (Wildman–Crippen MR) is 78.9 cm³/mol. The average Bonchev–Trinajstić information content (AvgIpc) is 2.99. The number of hydrogen-bond acceptors (Lipinski definition) is 3. The number of aromatic nitrogens is 4. The number of nitrogens with zero attached hydrogens (tertiary/aromatic N) is 4. The maximum absolute atomic E-state index is 10.5. The molecular formula is C14H21ClN4O. The van der Waals surface area contributed by atoms with E-state index < -0.39 is 6.10 Å². The number of imidazole rings is 1. The Morgan fingerprint density at radius 3 is 2.70 bits per heavy atom. The molecule has 110 valence electrons. The van der Waals surface area contributed by atoms with Gasteiger partial charge in [0.05, 0.1) is 34.6 Å². The highest BCUT2D eigenvalue weighted by molar-refractivity contribution is 6.31. The van der Waals surface area contributed by atoms with Crippen LogP contribution < -0.4 is 0 Å². The maximum Gasteiger partial charge on any atom is 0.101 e. The van der Waals surface area contributed by atoms with Gasteiger partial charge >= 0.3 is 0 Å². The van der Waals surface area contributed by atoms with E-state index in [0.717, 1.165) is 23.6 Å². The fourth-order valence-electron chi connectivity index (χ4n) is 2.36. The van der Waals surface area contributed by atoms with Gasteiger partial charge in [0.25, 0.3) is 0 Å². The van der Waals surface area contributed by atoms with Crippen molar-refractivity contribution < 1.29 is 5.11 Å². The Labute approximate surface area is 124 Å². The molecule has 2 aromatic heterocycles. The molecule has 0 aliphatic carbocycles. The molecule has 0 radical (unpaired) electrons. The molecule has 20 heavy (non-hydrogen) atoms. The van der Waals surface area contributed by atoms with Gasteiger partial charge in [-0.2, -0.15) is 5.10 Å². The molecule has 1 N–H and O–H groups in total. The largest absolute Gasteiger partial charge is 0.386 e. The van der Waals surface area contributed by atoms with Gasteiger partial charge in [-0.25, -0.2) is 4.98 Å². The average molecular weight is 297 g/mol. The molecule has 6 heteroatoms. The van der Waals surface area contributed by atoms with Crippen LogP contribution in [0.4, 0.5) is 0 Å². The molecule has 0 aliphatic rings. The number of rotatable bonds is 5. The lowest BCUT2D eigenvalue weighted by molar-refractivity contribution is 0.164. The molecule has 2 rings (SSSR count). The highest BCUT2D eigenvalue weighted by Crippen LogP contribution is 2.27. The SMILES string of the molecule is CCn1nc(C)c(Cl)c1CC(O)c1cncn1C(C)C. The first-order valence-corrected chi connectivity index (χ1v) is 7.25. The number of halogens is 1. The monoisotopic (exact) mass is 296 g/mol. The van der Waals surface area contributed by atoms with Crippen molar-refractivity contribution in [1.29, 1.82) is 0 Å². The Hall–Kier alpha value is -1.33. The summed E-state index contributed by atoms with van der Waals surface area (Å²) in [6.07, 6.45) is 3.25. The third-order valence-corrected chi connectivity index (χ3v) is 3.92. The smallest absolute Gasteiger partial charge is 0.101 e. The van der Waals surface area contributed by atoms with Crippen LogP contribution in [0, 0.1) is 6.92 Å². The molecule has 2 heterocycles. The number of aliphatic hydroxyl groups excluding tert-OH is 1. The minimum Gasteiger partial charge on any atom is -0.386 e. The second kappa shape index (κ2) is 5.97. The molecule has 0 fully saturated rings. The van der Waals surface area contributed by atoms with Gasteiger partial charge in [0, 0.05) is 19.0 Å². The van der Waals surface area contributed by atoms with E-state index in [4.69, 9.17) is 11.6 Å². The lowest BCUT2D eigenvalue weighted by Crippen LogP contribution is -2.13. The summed E-state index contributed by atoms with van der Waals surface area (Å²) in [5.41, 5.74) is 2.47. The van der Waals surface area contributed by atoms with Crippen LogP contribution in [0.3, 0.4) is 0 Å². The number of aliphatic hydroxyl groups is 1. The topological polar surface area (TPSA) is 55.9 Å². The third-order valence-electron chi connectivity index (χ3n) is 3.43. The van der Waals surface area contributed by atoms with Gasteiger partial charge in [-0.05, 0) is 27.7 Å². The fourth-order valence-corrected chi connectivity index (χ4v) is 2.57. The lowest BCUT2D eigenvalue weighted by Gasteiger charge is -2.17. The Bertz CT molecular complexity index is 588. The third kappa shape index (κ3) is 2.74. The minimum atomic E-state index is -0.640. The molecule has 1 unspecified atom stereocenters. The van der Waals surface area contributed by atoms with Crippen molar-refractivity contribution in [2.75, 3.05) is 0 Å². The number of aryl methyl sites for hydroxylation is 2. The first-order chi connectivity index (χ1) is 9.45. The van der Waals surface area contributed by atoms with Crippen LogP contribution in [0.15, 0.2) is 12.5 Å². The van der Waals surface area contributed by atoms with Gasteiger partial charge in [-0.1, -0.05) is 11.6 Å². The van der Waals surface area contributed by atoms with Crippen LogP contribution in [0.2, 0.25) is 5.02 Å². The van der Waals surface area contributed by atoms with Gasteiger partial charge in [0.1, 0.15) is 6.10 Å². The summed E-state index contributed by atoms with van der Waals surface area (Å²) in [7, 11) is 0. The fraction of sp³-hybridized carbons (Fsp3) is 0.571. The van der Waals surface area contributed by atoms with Crippen LogP contribution in [0.1, 0.15) is 50.0 Å². The summed E-state index contributed by atoms with van der Waals surface area (Å²) in [5.74, 6) is 0. The zero-order valence-electron chi connectivity index (χ0n) is 12.3. The summed E-state index contributed by atoms with van der Waals surface area (Å²) in [6, 6.07) is 0.260. The molecule has 0 aliphatic heterocycles. The van der Waals surface area contributed by atoms with Gasteiger partial charge in [0.2, 0.25) is 0 Å². The maximum atomic E-state index is 10.5. The van der Waals surface area contributed by atoms with Gasteiger partial charge in [-0.15, -0.1) is 0 Å². The Morgan fingerprint density at radius 2 is 2.10 bits per heavy atom. The summed E-state index contributed by atoms with van der Waals surface area (Å²) in [4.78, 5) is 4.12. The molecule has 2 aromatic rings. The van der Waals surface area contributed by atoms with Crippen LogP contribution in [0.5, 0.6) is 0 Å². The molecule has 0 aromatic carbocycles. The van der Waals surface area contributed by atoms with E-state index in [-0.39, 0.29) is 6.04 Å². The van der Waals surface area contributed by atoms with Crippen LogP contribution in [-0.2, 0) is 13.0 Å². The zero-order valence-corrected chi connectivity index (χ0v) is 13.1. The quantitative estimate of drug-likeness (QED) is 0.923. The molecule has 0 amide bonds. The molecular weight excluding hydrogens is 276 g/mol. The first-order valence-electron chi connectivity index (χ1n) is 6.87. The van der Waals surface area contributed by atoms with Crippen molar-refractivity contribution in [3.05, 3.63) is 34.6 Å².